The summed E-state index contributed by atoms with van der Waals surface area (Å²) in [4.78, 5) is 10.9. The van der Waals surface area contributed by atoms with E-state index in [9.17, 15) is 0 Å². The molecule has 1 aliphatic heterocycles. The molecule has 0 atom stereocenters. The van der Waals surface area contributed by atoms with Crippen molar-refractivity contribution in [3.8, 4) is 0 Å². The minimum Gasteiger partial charge on any atom is -0.354 e. The average molecular weight is 264 g/mol. The van der Waals surface area contributed by atoms with Crippen molar-refractivity contribution in [3.05, 3.63) is 35.5 Å². The van der Waals surface area contributed by atoms with Crippen molar-refractivity contribution < 1.29 is 0 Å². The Morgan fingerprint density at radius 1 is 1.33 bits per heavy atom. The summed E-state index contributed by atoms with van der Waals surface area (Å²) in [7, 11) is 0. The van der Waals surface area contributed by atoms with E-state index in [4.69, 9.17) is 11.6 Å². The molecule has 2 aromatic rings. The number of aryl methyl sites for hydroxylation is 1. The topological polar surface area (TPSA) is 46.8 Å². The van der Waals surface area contributed by atoms with Crippen LogP contribution in [-0.2, 0) is 6.54 Å². The van der Waals surface area contributed by atoms with E-state index in [2.05, 4.69) is 20.0 Å². The van der Waals surface area contributed by atoms with E-state index in [1.165, 1.54) is 0 Å². The highest BCUT2D eigenvalue weighted by Gasteiger charge is 2.29. The zero-order valence-electron chi connectivity index (χ0n) is 10.1. The molecule has 6 heteroatoms. The van der Waals surface area contributed by atoms with Gasteiger partial charge in [-0.05, 0) is 6.92 Å². The summed E-state index contributed by atoms with van der Waals surface area (Å²) in [6.07, 6.45) is 6.99. The molecule has 0 aliphatic carbocycles. The lowest BCUT2D eigenvalue weighted by molar-refractivity contribution is 0.339. The van der Waals surface area contributed by atoms with Gasteiger partial charge in [0.2, 0.25) is 0 Å². The summed E-state index contributed by atoms with van der Waals surface area (Å²) in [5, 5.41) is 4.88. The molecule has 0 N–H and O–H groups in total. The lowest BCUT2D eigenvalue weighted by atomic mass is 10.00. The summed E-state index contributed by atoms with van der Waals surface area (Å²) < 4.78 is 1.90. The second-order valence-electron chi connectivity index (χ2n) is 4.62. The van der Waals surface area contributed by atoms with Crippen molar-refractivity contribution in [1.82, 2.24) is 19.7 Å². The van der Waals surface area contributed by atoms with Crippen molar-refractivity contribution in [3.63, 3.8) is 0 Å². The van der Waals surface area contributed by atoms with Crippen LogP contribution in [0, 0.1) is 12.8 Å². The lowest BCUT2D eigenvalue weighted by Crippen LogP contribution is -2.49. The maximum absolute atomic E-state index is 5.84. The normalized spacial score (nSPS) is 15.8. The Labute approximate surface area is 110 Å². The number of rotatable bonds is 3. The van der Waals surface area contributed by atoms with Crippen molar-refractivity contribution in [2.24, 2.45) is 5.92 Å². The van der Waals surface area contributed by atoms with Gasteiger partial charge in [-0.3, -0.25) is 9.67 Å². The monoisotopic (exact) mass is 263 g/mol. The Morgan fingerprint density at radius 2 is 2.11 bits per heavy atom. The third-order valence-corrected chi connectivity index (χ3v) is 3.35. The van der Waals surface area contributed by atoms with Gasteiger partial charge in [0.25, 0.3) is 0 Å². The smallest absolute Gasteiger partial charge is 0.150 e. The molecule has 3 heterocycles. The van der Waals surface area contributed by atoms with Crippen molar-refractivity contribution >= 4 is 17.4 Å². The SMILES string of the molecule is Cc1nccnc1N1CC(Cn2cc(Cl)cn2)C1. The van der Waals surface area contributed by atoms with Crippen LogP contribution in [0.3, 0.4) is 0 Å². The van der Waals surface area contributed by atoms with Crippen LogP contribution < -0.4 is 4.90 Å². The molecule has 0 saturated carbocycles. The summed E-state index contributed by atoms with van der Waals surface area (Å²) in [5.41, 5.74) is 0.984. The second-order valence-corrected chi connectivity index (χ2v) is 5.05. The number of anilines is 1. The van der Waals surface area contributed by atoms with E-state index in [0.29, 0.717) is 10.9 Å². The molecule has 0 bridgehead atoms. The third-order valence-electron chi connectivity index (χ3n) is 3.16. The van der Waals surface area contributed by atoms with Gasteiger partial charge in [0.1, 0.15) is 5.82 Å². The first-order valence-corrected chi connectivity index (χ1v) is 6.30. The van der Waals surface area contributed by atoms with Crippen LogP contribution in [0.15, 0.2) is 24.8 Å². The van der Waals surface area contributed by atoms with E-state index in [0.717, 1.165) is 31.1 Å². The molecule has 0 unspecified atom stereocenters. The quantitative estimate of drug-likeness (QED) is 0.847. The van der Waals surface area contributed by atoms with Crippen LogP contribution in [0.2, 0.25) is 5.02 Å². The second kappa shape index (κ2) is 4.57. The fraction of sp³-hybridized carbons (Fsp3) is 0.417. The molecule has 0 spiro atoms. The van der Waals surface area contributed by atoms with Crippen LogP contribution in [0.5, 0.6) is 0 Å². The standard InChI is InChI=1S/C12H14ClN5/c1-9-12(15-3-2-14-9)17-5-10(6-17)7-18-8-11(13)4-16-18/h2-4,8,10H,5-7H2,1H3. The Hall–Kier alpha value is -1.62. The van der Waals surface area contributed by atoms with Gasteiger partial charge in [-0.2, -0.15) is 5.10 Å². The molecular weight excluding hydrogens is 250 g/mol. The van der Waals surface area contributed by atoms with Gasteiger partial charge in [-0.15, -0.1) is 0 Å². The van der Waals surface area contributed by atoms with Crippen molar-refractivity contribution in [2.75, 3.05) is 18.0 Å². The van der Waals surface area contributed by atoms with Crippen molar-refractivity contribution in [1.29, 1.82) is 0 Å². The Morgan fingerprint density at radius 3 is 2.78 bits per heavy atom. The fourth-order valence-corrected chi connectivity index (χ4v) is 2.43. The summed E-state index contributed by atoms with van der Waals surface area (Å²) in [5.74, 6) is 1.59. The van der Waals surface area contributed by atoms with Gasteiger partial charge in [0.15, 0.2) is 0 Å². The van der Waals surface area contributed by atoms with Crippen molar-refractivity contribution in [2.45, 2.75) is 13.5 Å². The first-order chi connectivity index (χ1) is 8.72. The number of hydrogen-bond donors (Lipinski definition) is 0. The van der Waals surface area contributed by atoms with Gasteiger partial charge in [0, 0.05) is 44.1 Å². The predicted octanol–water partition coefficient (Wildman–Crippen LogP) is 1.77. The minimum absolute atomic E-state index is 0.599. The highest BCUT2D eigenvalue weighted by atomic mass is 35.5. The molecule has 0 amide bonds. The van der Waals surface area contributed by atoms with E-state index in [1.807, 2.05) is 17.8 Å². The molecule has 1 saturated heterocycles. The predicted molar refractivity (Wildman–Crippen MR) is 69.7 cm³/mol. The third kappa shape index (κ3) is 2.18. The average Bonchev–Trinajstić information content (AvgIpc) is 2.70. The highest BCUT2D eigenvalue weighted by molar-refractivity contribution is 6.30. The largest absolute Gasteiger partial charge is 0.354 e. The van der Waals surface area contributed by atoms with Gasteiger partial charge < -0.3 is 4.90 Å². The Bertz CT molecular complexity index is 547. The fourth-order valence-electron chi connectivity index (χ4n) is 2.27. The number of halogens is 1. The molecule has 0 radical (unpaired) electrons. The molecule has 18 heavy (non-hydrogen) atoms. The maximum Gasteiger partial charge on any atom is 0.150 e. The summed E-state index contributed by atoms with van der Waals surface area (Å²) in [6, 6.07) is 0. The molecule has 3 rings (SSSR count). The van der Waals surface area contributed by atoms with Gasteiger partial charge in [-0.1, -0.05) is 11.6 Å². The van der Waals surface area contributed by atoms with E-state index < -0.39 is 0 Å². The van der Waals surface area contributed by atoms with Gasteiger partial charge in [0.05, 0.1) is 16.9 Å². The van der Waals surface area contributed by atoms with E-state index in [-0.39, 0.29) is 0 Å². The molecule has 2 aromatic heterocycles. The molecule has 1 aliphatic rings. The maximum atomic E-state index is 5.84. The Balaban J connectivity index is 1.59. The van der Waals surface area contributed by atoms with Crippen LogP contribution in [0.25, 0.3) is 0 Å². The molecule has 1 fully saturated rings. The zero-order chi connectivity index (χ0) is 12.5. The van der Waals surface area contributed by atoms with Gasteiger partial charge >= 0.3 is 0 Å². The molecular formula is C12H14ClN5. The Kier molecular flexibility index (Phi) is 2.91. The number of aromatic nitrogens is 4. The van der Waals surface area contributed by atoms with E-state index >= 15 is 0 Å². The van der Waals surface area contributed by atoms with Crippen LogP contribution in [-0.4, -0.2) is 32.8 Å². The minimum atomic E-state index is 0.599. The summed E-state index contributed by atoms with van der Waals surface area (Å²) in [6.45, 7) is 4.89. The summed E-state index contributed by atoms with van der Waals surface area (Å²) >= 11 is 5.84. The number of hydrogen-bond acceptors (Lipinski definition) is 4. The van der Waals surface area contributed by atoms with Crippen LogP contribution in [0.4, 0.5) is 5.82 Å². The van der Waals surface area contributed by atoms with Gasteiger partial charge in [-0.25, -0.2) is 4.98 Å². The first-order valence-electron chi connectivity index (χ1n) is 5.93. The molecule has 94 valence electrons. The zero-order valence-corrected chi connectivity index (χ0v) is 10.9. The van der Waals surface area contributed by atoms with Crippen LogP contribution >= 0.6 is 11.6 Å². The van der Waals surface area contributed by atoms with Crippen LogP contribution in [0.1, 0.15) is 5.69 Å². The molecule has 5 nitrogen and oxygen atoms in total. The molecule has 0 aromatic carbocycles. The highest BCUT2D eigenvalue weighted by Crippen LogP contribution is 2.25. The van der Waals surface area contributed by atoms with E-state index in [1.54, 1.807) is 18.6 Å². The lowest BCUT2D eigenvalue weighted by Gasteiger charge is -2.40. The number of nitrogens with zero attached hydrogens (tertiary/aromatic N) is 5. The first kappa shape index (κ1) is 11.5.